The van der Waals surface area contributed by atoms with Crippen LogP contribution >= 0.6 is 0 Å². The Bertz CT molecular complexity index is 391. The number of carboxylic acids is 1. The van der Waals surface area contributed by atoms with E-state index in [0.717, 1.165) is 5.56 Å². The minimum absolute atomic E-state index is 0.0849. The number of hydrogen-bond donors (Lipinski definition) is 1. The van der Waals surface area contributed by atoms with Gasteiger partial charge in [0.25, 0.3) is 0 Å². The van der Waals surface area contributed by atoms with Crippen molar-refractivity contribution in [2.45, 2.75) is 12.5 Å². The van der Waals surface area contributed by atoms with Crippen LogP contribution in [0, 0.1) is 11.7 Å². The lowest BCUT2D eigenvalue weighted by Gasteiger charge is -2.19. The number of hydrogen-bond acceptors (Lipinski definition) is 2. The summed E-state index contributed by atoms with van der Waals surface area (Å²) in [5.74, 6) is -1.34. The van der Waals surface area contributed by atoms with Crippen LogP contribution in [0.1, 0.15) is 18.0 Å². The van der Waals surface area contributed by atoms with Crippen molar-refractivity contribution in [2.75, 3.05) is 13.6 Å². The van der Waals surface area contributed by atoms with Gasteiger partial charge in [0.05, 0.1) is 5.92 Å². The second-order valence-corrected chi connectivity index (χ2v) is 4.28. The maximum Gasteiger partial charge on any atom is 0.307 e. The van der Waals surface area contributed by atoms with Crippen LogP contribution in [-0.4, -0.2) is 29.6 Å². The van der Waals surface area contributed by atoms with Crippen LogP contribution in [0.25, 0.3) is 0 Å². The normalized spacial score (nSPS) is 25.9. The molecule has 0 saturated carbocycles. The second kappa shape index (κ2) is 4.22. The zero-order valence-electron chi connectivity index (χ0n) is 9.06. The molecule has 0 aromatic heterocycles. The number of nitrogens with zero attached hydrogens (tertiary/aromatic N) is 1. The molecule has 0 bridgehead atoms. The molecule has 3 nitrogen and oxygen atoms in total. The highest BCUT2D eigenvalue weighted by molar-refractivity contribution is 5.70. The fourth-order valence-corrected chi connectivity index (χ4v) is 2.25. The molecule has 1 N–H and O–H groups in total. The Morgan fingerprint density at radius 2 is 2.06 bits per heavy atom. The van der Waals surface area contributed by atoms with Crippen molar-refractivity contribution >= 4 is 5.97 Å². The van der Waals surface area contributed by atoms with Crippen LogP contribution in [-0.2, 0) is 4.79 Å². The van der Waals surface area contributed by atoms with E-state index < -0.39 is 5.97 Å². The van der Waals surface area contributed by atoms with Gasteiger partial charge in [0.2, 0.25) is 0 Å². The fraction of sp³-hybridized carbons (Fsp3) is 0.417. The van der Waals surface area contributed by atoms with Crippen LogP contribution in [0.2, 0.25) is 0 Å². The first-order valence-electron chi connectivity index (χ1n) is 5.26. The van der Waals surface area contributed by atoms with Gasteiger partial charge in [-0.1, -0.05) is 12.1 Å². The molecule has 1 aliphatic heterocycles. The Kier molecular flexibility index (Phi) is 2.92. The van der Waals surface area contributed by atoms with Gasteiger partial charge in [0.15, 0.2) is 0 Å². The molecule has 0 aliphatic carbocycles. The summed E-state index contributed by atoms with van der Waals surface area (Å²) < 4.78 is 12.8. The molecule has 0 radical (unpaired) electrons. The highest BCUT2D eigenvalue weighted by atomic mass is 19.1. The van der Waals surface area contributed by atoms with Crippen molar-refractivity contribution < 1.29 is 14.3 Å². The molecule has 1 fully saturated rings. The molecule has 0 amide bonds. The third kappa shape index (κ3) is 2.07. The van der Waals surface area contributed by atoms with Crippen molar-refractivity contribution in [2.24, 2.45) is 5.92 Å². The molecule has 4 heteroatoms. The van der Waals surface area contributed by atoms with Crippen molar-refractivity contribution in [3.8, 4) is 0 Å². The molecule has 16 heavy (non-hydrogen) atoms. The smallest absolute Gasteiger partial charge is 0.307 e. The molecule has 1 saturated heterocycles. The van der Waals surface area contributed by atoms with Gasteiger partial charge >= 0.3 is 5.97 Å². The van der Waals surface area contributed by atoms with Crippen molar-refractivity contribution in [3.63, 3.8) is 0 Å². The molecular weight excluding hydrogens is 209 g/mol. The zero-order valence-corrected chi connectivity index (χ0v) is 9.06. The van der Waals surface area contributed by atoms with E-state index >= 15 is 0 Å². The summed E-state index contributed by atoms with van der Waals surface area (Å²) >= 11 is 0. The summed E-state index contributed by atoms with van der Waals surface area (Å²) in [6, 6.07) is 6.36. The largest absolute Gasteiger partial charge is 0.481 e. The van der Waals surface area contributed by atoms with E-state index in [-0.39, 0.29) is 17.8 Å². The standard InChI is InChI=1S/C12H14FNO2/c1-14-7-9(12(15)16)6-11(14)8-2-4-10(13)5-3-8/h2-5,9,11H,6-7H2,1H3,(H,15,16). The summed E-state index contributed by atoms with van der Waals surface area (Å²) in [5.41, 5.74) is 0.979. The summed E-state index contributed by atoms with van der Waals surface area (Å²) in [6.45, 7) is 0.553. The fourth-order valence-electron chi connectivity index (χ4n) is 2.25. The Morgan fingerprint density at radius 1 is 1.44 bits per heavy atom. The lowest BCUT2D eigenvalue weighted by Crippen LogP contribution is -2.20. The Labute approximate surface area is 93.5 Å². The first-order chi connectivity index (χ1) is 7.58. The number of carboxylic acid groups (broad SMARTS) is 1. The molecule has 0 spiro atoms. The number of halogens is 1. The van der Waals surface area contributed by atoms with Gasteiger partial charge < -0.3 is 5.11 Å². The van der Waals surface area contributed by atoms with Crippen LogP contribution in [0.3, 0.4) is 0 Å². The number of likely N-dealkylation sites (tertiary alicyclic amines) is 1. The molecular formula is C12H14FNO2. The number of rotatable bonds is 2. The van der Waals surface area contributed by atoms with Gasteiger partial charge in [-0.2, -0.15) is 0 Å². The molecule has 2 unspecified atom stereocenters. The van der Waals surface area contributed by atoms with E-state index in [1.807, 2.05) is 11.9 Å². The molecule has 1 aromatic rings. The third-order valence-electron chi connectivity index (χ3n) is 3.15. The Hall–Kier alpha value is -1.42. The van der Waals surface area contributed by atoms with Crippen LogP contribution in [0.4, 0.5) is 4.39 Å². The van der Waals surface area contributed by atoms with Crippen LogP contribution in [0.5, 0.6) is 0 Å². The van der Waals surface area contributed by atoms with E-state index in [0.29, 0.717) is 13.0 Å². The van der Waals surface area contributed by atoms with E-state index in [2.05, 4.69) is 0 Å². The minimum Gasteiger partial charge on any atom is -0.481 e. The summed E-state index contributed by atoms with van der Waals surface area (Å²) in [7, 11) is 1.90. The minimum atomic E-state index is -0.753. The Morgan fingerprint density at radius 3 is 2.56 bits per heavy atom. The number of aliphatic carboxylic acids is 1. The lowest BCUT2D eigenvalue weighted by atomic mass is 10.00. The summed E-state index contributed by atoms with van der Waals surface area (Å²) in [4.78, 5) is 12.9. The predicted molar refractivity (Wildman–Crippen MR) is 57.5 cm³/mol. The number of benzene rings is 1. The maximum absolute atomic E-state index is 12.8. The van der Waals surface area contributed by atoms with E-state index in [1.165, 1.54) is 12.1 Å². The van der Waals surface area contributed by atoms with E-state index in [1.54, 1.807) is 12.1 Å². The molecule has 1 aliphatic rings. The second-order valence-electron chi connectivity index (χ2n) is 4.28. The molecule has 2 rings (SSSR count). The van der Waals surface area contributed by atoms with E-state index in [4.69, 9.17) is 5.11 Å². The maximum atomic E-state index is 12.8. The molecule has 2 atom stereocenters. The summed E-state index contributed by atoms with van der Waals surface area (Å²) in [6.07, 6.45) is 0.595. The molecule has 86 valence electrons. The summed E-state index contributed by atoms with van der Waals surface area (Å²) in [5, 5.41) is 8.95. The first kappa shape index (κ1) is 11.1. The molecule has 1 heterocycles. The molecule has 1 aromatic carbocycles. The Balaban J connectivity index is 2.16. The van der Waals surface area contributed by atoms with Gasteiger partial charge in [0, 0.05) is 12.6 Å². The highest BCUT2D eigenvalue weighted by Crippen LogP contribution is 2.34. The monoisotopic (exact) mass is 223 g/mol. The lowest BCUT2D eigenvalue weighted by molar-refractivity contribution is -0.141. The highest BCUT2D eigenvalue weighted by Gasteiger charge is 2.34. The van der Waals surface area contributed by atoms with Crippen molar-refractivity contribution in [1.82, 2.24) is 4.90 Å². The third-order valence-corrected chi connectivity index (χ3v) is 3.15. The predicted octanol–water partition coefficient (Wildman–Crippen LogP) is 1.90. The zero-order chi connectivity index (χ0) is 11.7. The number of carbonyl (C=O) groups is 1. The van der Waals surface area contributed by atoms with Gasteiger partial charge in [-0.15, -0.1) is 0 Å². The SMILES string of the molecule is CN1CC(C(=O)O)CC1c1ccc(F)cc1. The average Bonchev–Trinajstić information content (AvgIpc) is 2.62. The van der Waals surface area contributed by atoms with Crippen molar-refractivity contribution in [1.29, 1.82) is 0 Å². The van der Waals surface area contributed by atoms with E-state index in [9.17, 15) is 9.18 Å². The van der Waals surface area contributed by atoms with Gasteiger partial charge in [-0.25, -0.2) is 4.39 Å². The van der Waals surface area contributed by atoms with Crippen LogP contribution < -0.4 is 0 Å². The average molecular weight is 223 g/mol. The quantitative estimate of drug-likeness (QED) is 0.832. The van der Waals surface area contributed by atoms with Gasteiger partial charge in [-0.05, 0) is 31.2 Å². The topological polar surface area (TPSA) is 40.5 Å². The van der Waals surface area contributed by atoms with Gasteiger partial charge in [-0.3, -0.25) is 9.69 Å². The van der Waals surface area contributed by atoms with Crippen LogP contribution in [0.15, 0.2) is 24.3 Å². The first-order valence-corrected chi connectivity index (χ1v) is 5.26. The van der Waals surface area contributed by atoms with Crippen molar-refractivity contribution in [3.05, 3.63) is 35.6 Å². The van der Waals surface area contributed by atoms with Gasteiger partial charge in [0.1, 0.15) is 5.82 Å².